The molecule has 0 spiro atoms. The van der Waals surface area contributed by atoms with Gasteiger partial charge in [0.25, 0.3) is 0 Å². The van der Waals surface area contributed by atoms with Crippen molar-refractivity contribution in [2.45, 2.75) is 6.04 Å². The summed E-state index contributed by atoms with van der Waals surface area (Å²) in [6.45, 7) is 3.08. The lowest BCUT2D eigenvalue weighted by atomic mass is 10.1. The number of ether oxygens (including phenoxy) is 1. The molecule has 1 atom stereocenters. The predicted octanol–water partition coefficient (Wildman–Crippen LogP) is 0.553. The highest BCUT2D eigenvalue weighted by molar-refractivity contribution is 5.76. The van der Waals surface area contributed by atoms with Gasteiger partial charge in [0.1, 0.15) is 5.52 Å². The number of hydrogen-bond acceptors (Lipinski definition) is 5. The van der Waals surface area contributed by atoms with Gasteiger partial charge in [-0.3, -0.25) is 0 Å². The van der Waals surface area contributed by atoms with Gasteiger partial charge in [0.15, 0.2) is 5.65 Å². The van der Waals surface area contributed by atoms with Crippen molar-refractivity contribution < 1.29 is 4.74 Å². The molecule has 19 heavy (non-hydrogen) atoms. The van der Waals surface area contributed by atoms with Crippen LogP contribution in [0.2, 0.25) is 0 Å². The molecule has 102 valence electrons. The Morgan fingerprint density at radius 2 is 2.26 bits per heavy atom. The molecule has 6 heteroatoms. The van der Waals surface area contributed by atoms with E-state index in [2.05, 4.69) is 33.4 Å². The van der Waals surface area contributed by atoms with E-state index in [4.69, 9.17) is 4.74 Å². The Labute approximate surface area is 112 Å². The van der Waals surface area contributed by atoms with Crippen LogP contribution in [-0.2, 0) is 7.05 Å². The van der Waals surface area contributed by atoms with Gasteiger partial charge in [-0.2, -0.15) is 4.98 Å². The average molecular weight is 261 g/mol. The van der Waals surface area contributed by atoms with E-state index in [9.17, 15) is 0 Å². The van der Waals surface area contributed by atoms with Crippen LogP contribution in [-0.4, -0.2) is 53.2 Å². The number of fused-ring (bicyclic) bond motifs is 1. The van der Waals surface area contributed by atoms with Crippen LogP contribution in [0, 0.1) is 0 Å². The lowest BCUT2D eigenvalue weighted by Gasteiger charge is -2.30. The first-order chi connectivity index (χ1) is 9.19. The second kappa shape index (κ2) is 4.79. The Balaban J connectivity index is 2.04. The molecular weight excluding hydrogens is 242 g/mol. The molecule has 0 aromatic carbocycles. The first kappa shape index (κ1) is 12.4. The zero-order chi connectivity index (χ0) is 13.4. The zero-order valence-corrected chi connectivity index (χ0v) is 11.6. The fraction of sp³-hybridized carbons (Fsp3) is 0.538. The largest absolute Gasteiger partial charge is 0.480 e. The van der Waals surface area contributed by atoms with E-state index in [1.54, 1.807) is 13.3 Å². The van der Waals surface area contributed by atoms with Crippen molar-refractivity contribution in [2.75, 3.05) is 33.8 Å². The van der Waals surface area contributed by atoms with Crippen molar-refractivity contribution in [3.8, 4) is 5.88 Å². The number of rotatable bonds is 2. The summed E-state index contributed by atoms with van der Waals surface area (Å²) in [5.41, 5.74) is 3.03. The van der Waals surface area contributed by atoms with Gasteiger partial charge >= 0.3 is 0 Å². The number of aromatic nitrogens is 3. The molecular formula is C13H19N5O. The highest BCUT2D eigenvalue weighted by Crippen LogP contribution is 2.26. The molecule has 2 aromatic heterocycles. The summed E-state index contributed by atoms with van der Waals surface area (Å²) in [6.07, 6.45) is 3.79. The summed E-state index contributed by atoms with van der Waals surface area (Å²) in [5, 5.41) is 3.55. The smallest absolute Gasteiger partial charge is 0.234 e. The van der Waals surface area contributed by atoms with E-state index in [-0.39, 0.29) is 0 Å². The molecule has 1 saturated heterocycles. The molecule has 2 aromatic rings. The molecule has 1 aliphatic rings. The Bertz CT molecular complexity index is 594. The SMILES string of the molecule is COc1cnc2c(C3CN(C)CCN3)cn(C)c2n1. The number of nitrogens with one attached hydrogen (secondary N) is 1. The summed E-state index contributed by atoms with van der Waals surface area (Å²) in [7, 11) is 5.75. The van der Waals surface area contributed by atoms with Crippen molar-refractivity contribution >= 4 is 11.2 Å². The number of methoxy groups -OCH3 is 1. The quantitative estimate of drug-likeness (QED) is 0.855. The lowest BCUT2D eigenvalue weighted by Crippen LogP contribution is -2.43. The van der Waals surface area contributed by atoms with E-state index < -0.39 is 0 Å². The molecule has 0 aliphatic carbocycles. The number of aryl methyl sites for hydroxylation is 1. The molecule has 0 radical (unpaired) electrons. The Morgan fingerprint density at radius 3 is 3.00 bits per heavy atom. The van der Waals surface area contributed by atoms with Crippen molar-refractivity contribution in [3.63, 3.8) is 0 Å². The molecule has 0 saturated carbocycles. The van der Waals surface area contributed by atoms with Crippen LogP contribution < -0.4 is 10.1 Å². The van der Waals surface area contributed by atoms with Gasteiger partial charge in [-0.05, 0) is 7.05 Å². The Hall–Kier alpha value is -1.66. The number of nitrogens with zero attached hydrogens (tertiary/aromatic N) is 4. The molecule has 1 N–H and O–H groups in total. The first-order valence-corrected chi connectivity index (χ1v) is 6.47. The Morgan fingerprint density at radius 1 is 1.42 bits per heavy atom. The molecule has 0 amide bonds. The molecule has 3 rings (SSSR count). The van der Waals surface area contributed by atoms with Gasteiger partial charge in [-0.25, -0.2) is 4.98 Å². The molecule has 0 bridgehead atoms. The summed E-state index contributed by atoms with van der Waals surface area (Å²) >= 11 is 0. The highest BCUT2D eigenvalue weighted by atomic mass is 16.5. The van der Waals surface area contributed by atoms with Crippen LogP contribution in [0.1, 0.15) is 11.6 Å². The van der Waals surface area contributed by atoms with Gasteiger partial charge < -0.3 is 19.5 Å². The summed E-state index contributed by atoms with van der Waals surface area (Å²) in [4.78, 5) is 11.3. The maximum absolute atomic E-state index is 5.14. The second-order valence-corrected chi connectivity index (χ2v) is 5.05. The van der Waals surface area contributed by atoms with E-state index in [0.29, 0.717) is 11.9 Å². The minimum atomic E-state index is 0.310. The van der Waals surface area contributed by atoms with Crippen LogP contribution >= 0.6 is 0 Å². The van der Waals surface area contributed by atoms with Gasteiger partial charge in [-0.1, -0.05) is 0 Å². The highest BCUT2D eigenvalue weighted by Gasteiger charge is 2.23. The van der Waals surface area contributed by atoms with Crippen molar-refractivity contribution in [2.24, 2.45) is 7.05 Å². The Kier molecular flexibility index (Phi) is 3.12. The van der Waals surface area contributed by atoms with Crippen LogP contribution in [0.3, 0.4) is 0 Å². The minimum Gasteiger partial charge on any atom is -0.480 e. The maximum Gasteiger partial charge on any atom is 0.234 e. The van der Waals surface area contributed by atoms with Crippen LogP contribution in [0.25, 0.3) is 11.2 Å². The molecule has 1 aliphatic heterocycles. The van der Waals surface area contributed by atoms with Crippen LogP contribution in [0.4, 0.5) is 0 Å². The van der Waals surface area contributed by atoms with Crippen LogP contribution in [0.5, 0.6) is 5.88 Å². The molecule has 6 nitrogen and oxygen atoms in total. The van der Waals surface area contributed by atoms with Gasteiger partial charge in [-0.15, -0.1) is 0 Å². The van der Waals surface area contributed by atoms with Gasteiger partial charge in [0.2, 0.25) is 5.88 Å². The second-order valence-electron chi connectivity index (χ2n) is 5.05. The number of likely N-dealkylation sites (N-methyl/N-ethyl adjacent to an activating group) is 1. The predicted molar refractivity (Wildman–Crippen MR) is 73.3 cm³/mol. The zero-order valence-electron chi connectivity index (χ0n) is 11.6. The molecule has 1 unspecified atom stereocenters. The number of hydrogen-bond donors (Lipinski definition) is 1. The summed E-state index contributed by atoms with van der Waals surface area (Å²) in [6, 6.07) is 0.310. The number of piperazine rings is 1. The lowest BCUT2D eigenvalue weighted by molar-refractivity contribution is 0.241. The third kappa shape index (κ3) is 2.17. The standard InChI is InChI=1S/C13H19N5O/c1-17-5-4-14-10(8-17)9-7-18(2)13-12(9)15-6-11(16-13)19-3/h6-7,10,14H,4-5,8H2,1-3H3. The van der Waals surface area contributed by atoms with E-state index >= 15 is 0 Å². The fourth-order valence-corrected chi connectivity index (χ4v) is 2.60. The fourth-order valence-electron chi connectivity index (χ4n) is 2.60. The topological polar surface area (TPSA) is 55.2 Å². The van der Waals surface area contributed by atoms with Gasteiger partial charge in [0, 0.05) is 44.5 Å². The average Bonchev–Trinajstić information content (AvgIpc) is 2.76. The van der Waals surface area contributed by atoms with E-state index in [0.717, 1.165) is 30.8 Å². The third-order valence-corrected chi connectivity index (χ3v) is 3.64. The molecule has 3 heterocycles. The van der Waals surface area contributed by atoms with E-state index in [1.807, 2.05) is 11.6 Å². The van der Waals surface area contributed by atoms with Crippen molar-refractivity contribution in [1.29, 1.82) is 0 Å². The normalized spacial score (nSPS) is 20.9. The van der Waals surface area contributed by atoms with Crippen molar-refractivity contribution in [1.82, 2.24) is 24.8 Å². The van der Waals surface area contributed by atoms with Crippen molar-refractivity contribution in [3.05, 3.63) is 18.0 Å². The van der Waals surface area contributed by atoms with Crippen LogP contribution in [0.15, 0.2) is 12.4 Å². The van der Waals surface area contributed by atoms with Gasteiger partial charge in [0.05, 0.1) is 13.3 Å². The molecule has 1 fully saturated rings. The summed E-state index contributed by atoms with van der Waals surface area (Å²) < 4.78 is 7.15. The summed E-state index contributed by atoms with van der Waals surface area (Å²) in [5.74, 6) is 0.550. The minimum absolute atomic E-state index is 0.310. The maximum atomic E-state index is 5.14. The first-order valence-electron chi connectivity index (χ1n) is 6.47. The monoisotopic (exact) mass is 261 g/mol. The van der Waals surface area contributed by atoms with E-state index in [1.165, 1.54) is 5.56 Å². The third-order valence-electron chi connectivity index (χ3n) is 3.64.